The number of thiophene rings is 1. The highest BCUT2D eigenvalue weighted by Crippen LogP contribution is 2.46. The van der Waals surface area contributed by atoms with E-state index in [4.69, 9.17) is 11.6 Å². The fraction of sp³-hybridized carbons (Fsp3) is 0.500. The van der Waals surface area contributed by atoms with Crippen molar-refractivity contribution in [3.05, 3.63) is 34.0 Å². The molecule has 0 unspecified atom stereocenters. The summed E-state index contributed by atoms with van der Waals surface area (Å²) in [6.07, 6.45) is 6.97. The van der Waals surface area contributed by atoms with Gasteiger partial charge in [0.25, 0.3) is 0 Å². The van der Waals surface area contributed by atoms with Gasteiger partial charge >= 0.3 is 0 Å². The van der Waals surface area contributed by atoms with E-state index in [1.54, 1.807) is 11.0 Å². The van der Waals surface area contributed by atoms with Crippen molar-refractivity contribution in [1.82, 2.24) is 14.8 Å². The van der Waals surface area contributed by atoms with Crippen LogP contribution in [0.25, 0.3) is 0 Å². The van der Waals surface area contributed by atoms with Crippen LogP contribution in [0.15, 0.2) is 24.8 Å². The molecule has 0 saturated heterocycles. The van der Waals surface area contributed by atoms with Gasteiger partial charge in [-0.1, -0.05) is 24.4 Å². The van der Waals surface area contributed by atoms with Gasteiger partial charge in [0.2, 0.25) is 0 Å². The van der Waals surface area contributed by atoms with E-state index in [9.17, 15) is 5.11 Å². The maximum absolute atomic E-state index is 11.1. The Kier molecular flexibility index (Phi) is 3.13. The van der Waals surface area contributed by atoms with E-state index in [0.29, 0.717) is 4.34 Å². The summed E-state index contributed by atoms with van der Waals surface area (Å²) < 4.78 is 2.48. The first-order valence-electron chi connectivity index (χ1n) is 6.02. The van der Waals surface area contributed by atoms with Crippen molar-refractivity contribution in [3.8, 4) is 0 Å². The minimum atomic E-state index is -0.871. The first kappa shape index (κ1) is 12.1. The van der Waals surface area contributed by atoms with Gasteiger partial charge in [0.1, 0.15) is 18.3 Å². The largest absolute Gasteiger partial charge is 0.382 e. The fourth-order valence-corrected chi connectivity index (χ4v) is 3.91. The summed E-state index contributed by atoms with van der Waals surface area (Å²) in [5.41, 5.74) is -0.871. The molecule has 0 aliphatic heterocycles. The van der Waals surface area contributed by atoms with Gasteiger partial charge < -0.3 is 5.11 Å². The molecule has 1 N–H and O–H groups in total. The van der Waals surface area contributed by atoms with Crippen LogP contribution in [0.1, 0.15) is 36.6 Å². The topological polar surface area (TPSA) is 50.9 Å². The number of aliphatic hydroxyl groups is 1. The first-order chi connectivity index (χ1) is 8.70. The van der Waals surface area contributed by atoms with Gasteiger partial charge in [0.05, 0.1) is 10.4 Å². The molecule has 2 heterocycles. The first-order valence-corrected chi connectivity index (χ1v) is 7.22. The smallest absolute Gasteiger partial charge is 0.137 e. The molecular formula is C12H14ClN3OS. The number of rotatable bonds is 2. The predicted molar refractivity (Wildman–Crippen MR) is 70.8 cm³/mol. The van der Waals surface area contributed by atoms with E-state index in [0.717, 1.165) is 30.6 Å². The highest BCUT2D eigenvalue weighted by atomic mass is 35.5. The summed E-state index contributed by atoms with van der Waals surface area (Å²) in [7, 11) is 0. The molecule has 2 aromatic rings. The van der Waals surface area contributed by atoms with Crippen LogP contribution in [0, 0.1) is 0 Å². The zero-order chi connectivity index (χ0) is 12.6. The molecule has 0 aromatic carbocycles. The molecule has 6 heteroatoms. The summed E-state index contributed by atoms with van der Waals surface area (Å²) in [5, 5.41) is 15.2. The van der Waals surface area contributed by atoms with E-state index < -0.39 is 5.60 Å². The van der Waals surface area contributed by atoms with Crippen LogP contribution in [0.5, 0.6) is 0 Å². The van der Waals surface area contributed by atoms with Crippen LogP contribution in [-0.2, 0) is 5.60 Å². The number of hydrogen-bond acceptors (Lipinski definition) is 4. The van der Waals surface area contributed by atoms with Crippen LogP contribution >= 0.6 is 22.9 Å². The summed E-state index contributed by atoms with van der Waals surface area (Å²) in [6.45, 7) is 0. The lowest BCUT2D eigenvalue weighted by Crippen LogP contribution is -2.39. The van der Waals surface area contributed by atoms with Gasteiger partial charge in [-0.15, -0.1) is 11.3 Å². The highest BCUT2D eigenvalue weighted by Gasteiger charge is 2.43. The molecule has 1 aliphatic rings. The normalized spacial score (nSPS) is 28.4. The van der Waals surface area contributed by atoms with Gasteiger partial charge in [-0.25, -0.2) is 9.67 Å². The lowest BCUT2D eigenvalue weighted by molar-refractivity contribution is -0.0486. The van der Waals surface area contributed by atoms with Gasteiger partial charge in [0, 0.05) is 4.88 Å². The van der Waals surface area contributed by atoms with Crippen LogP contribution in [0.2, 0.25) is 4.34 Å². The molecule has 96 valence electrons. The number of aromatic nitrogens is 3. The van der Waals surface area contributed by atoms with Gasteiger partial charge in [-0.3, -0.25) is 0 Å². The fourth-order valence-electron chi connectivity index (χ4n) is 2.70. The summed E-state index contributed by atoms with van der Waals surface area (Å²) in [5.74, 6) is 0. The van der Waals surface area contributed by atoms with Crippen LogP contribution in [0.3, 0.4) is 0 Å². The van der Waals surface area contributed by atoms with E-state index >= 15 is 0 Å². The quantitative estimate of drug-likeness (QED) is 0.922. The average Bonchev–Trinajstić information content (AvgIpc) is 3.00. The third-order valence-corrected chi connectivity index (χ3v) is 4.99. The Balaban J connectivity index is 2.01. The average molecular weight is 284 g/mol. The van der Waals surface area contributed by atoms with Crippen molar-refractivity contribution in [2.45, 2.75) is 37.3 Å². The molecule has 0 radical (unpaired) electrons. The number of nitrogens with zero attached hydrogens (tertiary/aromatic N) is 3. The van der Waals surface area contributed by atoms with Crippen LogP contribution < -0.4 is 0 Å². The second-order valence-electron chi connectivity index (χ2n) is 4.67. The summed E-state index contributed by atoms with van der Waals surface area (Å²) in [6, 6.07) is 3.71. The maximum Gasteiger partial charge on any atom is 0.137 e. The van der Waals surface area contributed by atoms with Crippen molar-refractivity contribution in [2.24, 2.45) is 0 Å². The second kappa shape index (κ2) is 4.64. The van der Waals surface area contributed by atoms with Crippen molar-refractivity contribution in [1.29, 1.82) is 0 Å². The molecule has 1 fully saturated rings. The monoisotopic (exact) mass is 283 g/mol. The number of halogens is 1. The van der Waals surface area contributed by atoms with Crippen molar-refractivity contribution >= 4 is 22.9 Å². The molecule has 4 nitrogen and oxygen atoms in total. The lowest BCUT2D eigenvalue weighted by atomic mass is 9.79. The minimum Gasteiger partial charge on any atom is -0.382 e. The van der Waals surface area contributed by atoms with Crippen molar-refractivity contribution < 1.29 is 5.11 Å². The summed E-state index contributed by atoms with van der Waals surface area (Å²) >= 11 is 7.43. The van der Waals surface area contributed by atoms with E-state index in [2.05, 4.69) is 10.1 Å². The summed E-state index contributed by atoms with van der Waals surface area (Å²) in [4.78, 5) is 4.90. The molecule has 18 heavy (non-hydrogen) atoms. The molecule has 3 rings (SSSR count). The lowest BCUT2D eigenvalue weighted by Gasteiger charge is -2.39. The van der Waals surface area contributed by atoms with E-state index in [1.807, 2.05) is 12.1 Å². The van der Waals surface area contributed by atoms with Gasteiger partial charge in [-0.05, 0) is 25.0 Å². The maximum atomic E-state index is 11.1. The van der Waals surface area contributed by atoms with E-state index in [1.165, 1.54) is 17.7 Å². The third-order valence-electron chi connectivity index (χ3n) is 3.59. The molecule has 2 atom stereocenters. The zero-order valence-corrected chi connectivity index (χ0v) is 11.4. The molecule has 1 saturated carbocycles. The van der Waals surface area contributed by atoms with Crippen LogP contribution in [0.4, 0.5) is 0 Å². The molecule has 2 aromatic heterocycles. The molecule has 1 aliphatic carbocycles. The Labute approximate surface area is 114 Å². The Morgan fingerprint density at radius 1 is 1.44 bits per heavy atom. The SMILES string of the molecule is O[C@@]1(c2ccc(Cl)s2)CCCC[C@@H]1n1cncn1. The Morgan fingerprint density at radius 3 is 3.00 bits per heavy atom. The van der Waals surface area contributed by atoms with Gasteiger partial charge in [-0.2, -0.15) is 5.10 Å². The minimum absolute atomic E-state index is 0.0523. The highest BCUT2D eigenvalue weighted by molar-refractivity contribution is 7.16. The Hall–Kier alpha value is -0.910. The van der Waals surface area contributed by atoms with Gasteiger partial charge in [0.15, 0.2) is 0 Å². The molecular weight excluding hydrogens is 270 g/mol. The molecule has 0 amide bonds. The van der Waals surface area contributed by atoms with E-state index in [-0.39, 0.29) is 6.04 Å². The second-order valence-corrected chi connectivity index (χ2v) is 6.38. The predicted octanol–water partition coefficient (Wildman–Crippen LogP) is 3.00. The number of hydrogen-bond donors (Lipinski definition) is 1. The zero-order valence-electron chi connectivity index (χ0n) is 9.79. The Bertz CT molecular complexity index is 527. The molecule has 0 spiro atoms. The van der Waals surface area contributed by atoms with Crippen molar-refractivity contribution in [3.63, 3.8) is 0 Å². The third kappa shape index (κ3) is 1.96. The molecule has 0 bridgehead atoms. The standard InChI is InChI=1S/C12H14ClN3OS/c13-11-5-4-10(18-11)12(17)6-2-1-3-9(12)16-8-14-7-15-16/h4-5,7-9,17H,1-3,6H2/t9-,12-/m0/s1. The Morgan fingerprint density at radius 2 is 2.33 bits per heavy atom. The van der Waals surface area contributed by atoms with Crippen LogP contribution in [-0.4, -0.2) is 19.9 Å². The van der Waals surface area contributed by atoms with Crippen molar-refractivity contribution in [2.75, 3.05) is 0 Å².